The molecule has 0 saturated heterocycles. The molecule has 0 fully saturated rings. The maximum Gasteiger partial charge on any atom is 0.200 e. The van der Waals surface area contributed by atoms with E-state index in [0.29, 0.717) is 18.7 Å². The average molecular weight is 164 g/mol. The van der Waals surface area contributed by atoms with Gasteiger partial charge in [0.15, 0.2) is 7.37 Å². The molecule has 2 nitrogen and oxygen atoms in total. The second-order valence-electron chi connectivity index (χ2n) is 3.01. The van der Waals surface area contributed by atoms with Gasteiger partial charge in [0.05, 0.1) is 6.61 Å². The van der Waals surface area contributed by atoms with Crippen molar-refractivity contribution in [3.8, 4) is 0 Å². The highest BCUT2D eigenvalue weighted by molar-refractivity contribution is 7.58. The Hall–Kier alpha value is 0.190. The summed E-state index contributed by atoms with van der Waals surface area (Å²) in [5, 5.41) is 0. The van der Waals surface area contributed by atoms with Crippen molar-refractivity contribution in [1.29, 1.82) is 0 Å². The molecule has 1 atom stereocenters. The van der Waals surface area contributed by atoms with Crippen molar-refractivity contribution in [3.63, 3.8) is 0 Å². The van der Waals surface area contributed by atoms with Gasteiger partial charge in [0.1, 0.15) is 0 Å². The predicted octanol–water partition coefficient (Wildman–Crippen LogP) is 2.59. The molecular weight excluding hydrogens is 147 g/mol. The molecule has 0 amide bonds. The van der Waals surface area contributed by atoms with Crippen molar-refractivity contribution in [2.24, 2.45) is 5.92 Å². The van der Waals surface area contributed by atoms with Crippen LogP contribution in [0.25, 0.3) is 0 Å². The van der Waals surface area contributed by atoms with Gasteiger partial charge in [-0.2, -0.15) is 0 Å². The van der Waals surface area contributed by atoms with Crippen LogP contribution in [-0.2, 0) is 9.09 Å². The van der Waals surface area contributed by atoms with Crippen molar-refractivity contribution in [1.82, 2.24) is 0 Å². The van der Waals surface area contributed by atoms with E-state index in [2.05, 4.69) is 13.8 Å². The molecule has 1 unspecified atom stereocenters. The summed E-state index contributed by atoms with van der Waals surface area (Å²) in [7, 11) is -2.25. The predicted molar refractivity (Wildman–Crippen MR) is 44.9 cm³/mol. The van der Waals surface area contributed by atoms with Crippen LogP contribution in [-0.4, -0.2) is 19.4 Å². The fourth-order valence-corrected chi connectivity index (χ4v) is 2.97. The van der Waals surface area contributed by atoms with Gasteiger partial charge in [-0.05, 0) is 12.8 Å². The van der Waals surface area contributed by atoms with E-state index in [1.54, 1.807) is 6.66 Å². The second kappa shape index (κ2) is 4.15. The summed E-state index contributed by atoms with van der Waals surface area (Å²) in [5.74, 6) is 0.461. The van der Waals surface area contributed by atoms with Crippen molar-refractivity contribution in [2.75, 3.05) is 19.4 Å². The maximum atomic E-state index is 11.4. The number of rotatable bonds is 4. The number of hydrogen-bond donors (Lipinski definition) is 0. The van der Waals surface area contributed by atoms with Crippen LogP contribution in [0.5, 0.6) is 0 Å². The van der Waals surface area contributed by atoms with Crippen LogP contribution in [0.1, 0.15) is 20.8 Å². The summed E-state index contributed by atoms with van der Waals surface area (Å²) in [5.41, 5.74) is 0. The smallest absolute Gasteiger partial charge is 0.200 e. The Morgan fingerprint density at radius 3 is 2.30 bits per heavy atom. The lowest BCUT2D eigenvalue weighted by atomic mass is 10.3. The minimum atomic E-state index is -2.25. The highest BCUT2D eigenvalue weighted by atomic mass is 31.2. The van der Waals surface area contributed by atoms with Crippen molar-refractivity contribution >= 4 is 7.37 Å². The molecule has 0 radical (unpaired) electrons. The Bertz CT molecular complexity index is 132. The average Bonchev–Trinajstić information content (AvgIpc) is 1.59. The summed E-state index contributed by atoms with van der Waals surface area (Å²) < 4.78 is 16.5. The molecule has 0 rings (SSSR count). The van der Waals surface area contributed by atoms with Crippen molar-refractivity contribution < 1.29 is 9.09 Å². The van der Waals surface area contributed by atoms with Gasteiger partial charge in [0.2, 0.25) is 0 Å². The largest absolute Gasteiger partial charge is 0.329 e. The fraction of sp³-hybridized carbons (Fsp3) is 1.00. The minimum absolute atomic E-state index is 0.461. The molecule has 10 heavy (non-hydrogen) atoms. The van der Waals surface area contributed by atoms with Crippen LogP contribution in [0.3, 0.4) is 0 Å². The lowest BCUT2D eigenvalue weighted by Crippen LogP contribution is -1.99. The topological polar surface area (TPSA) is 26.3 Å². The lowest BCUT2D eigenvalue weighted by molar-refractivity contribution is 0.334. The van der Waals surface area contributed by atoms with Gasteiger partial charge in [-0.1, -0.05) is 13.8 Å². The van der Waals surface area contributed by atoms with E-state index >= 15 is 0 Å². The first-order chi connectivity index (χ1) is 4.48. The Kier molecular flexibility index (Phi) is 4.23. The summed E-state index contributed by atoms with van der Waals surface area (Å²) in [6.07, 6.45) is 0.695. The third-order valence-corrected chi connectivity index (χ3v) is 3.30. The highest BCUT2D eigenvalue weighted by Gasteiger charge is 2.15. The zero-order valence-electron chi connectivity index (χ0n) is 7.26. The molecule has 62 valence electrons. The first-order valence-electron chi connectivity index (χ1n) is 3.69. The van der Waals surface area contributed by atoms with Crippen LogP contribution in [0.2, 0.25) is 0 Å². The van der Waals surface area contributed by atoms with Crippen LogP contribution >= 0.6 is 7.37 Å². The van der Waals surface area contributed by atoms with Gasteiger partial charge in [-0.3, -0.25) is 4.57 Å². The van der Waals surface area contributed by atoms with Gasteiger partial charge in [-0.15, -0.1) is 0 Å². The SMILES string of the molecule is CCOP(C)(=O)CC(C)C. The molecule has 0 aromatic heterocycles. The van der Waals surface area contributed by atoms with Crippen LogP contribution < -0.4 is 0 Å². The van der Waals surface area contributed by atoms with Gasteiger partial charge >= 0.3 is 0 Å². The first-order valence-corrected chi connectivity index (χ1v) is 5.94. The second-order valence-corrected chi connectivity index (χ2v) is 5.66. The molecule has 0 aliphatic carbocycles. The number of hydrogen-bond acceptors (Lipinski definition) is 2. The normalized spacial score (nSPS) is 17.3. The van der Waals surface area contributed by atoms with Gasteiger partial charge in [0.25, 0.3) is 0 Å². The van der Waals surface area contributed by atoms with Crippen molar-refractivity contribution in [3.05, 3.63) is 0 Å². The van der Waals surface area contributed by atoms with E-state index < -0.39 is 7.37 Å². The third-order valence-electron chi connectivity index (χ3n) is 1.10. The first kappa shape index (κ1) is 10.2. The molecule has 0 aliphatic heterocycles. The summed E-state index contributed by atoms with van der Waals surface area (Å²) in [4.78, 5) is 0. The van der Waals surface area contributed by atoms with E-state index in [1.165, 1.54) is 0 Å². The van der Waals surface area contributed by atoms with E-state index in [0.717, 1.165) is 0 Å². The molecule has 0 aromatic rings. The molecule has 0 heterocycles. The zero-order valence-corrected chi connectivity index (χ0v) is 8.15. The Morgan fingerprint density at radius 2 is 2.00 bits per heavy atom. The molecule has 3 heteroatoms. The molecule has 0 spiro atoms. The monoisotopic (exact) mass is 164 g/mol. The van der Waals surface area contributed by atoms with Crippen LogP contribution in [0.4, 0.5) is 0 Å². The molecular formula is C7H17O2P. The summed E-state index contributed by atoms with van der Waals surface area (Å²) in [6.45, 7) is 8.23. The Labute approximate surface area is 63.4 Å². The van der Waals surface area contributed by atoms with Gasteiger partial charge in [0, 0.05) is 12.8 Å². The van der Waals surface area contributed by atoms with E-state index in [9.17, 15) is 4.57 Å². The maximum absolute atomic E-state index is 11.4. The Morgan fingerprint density at radius 1 is 1.50 bits per heavy atom. The fourth-order valence-electron chi connectivity index (χ4n) is 0.989. The standard InChI is InChI=1S/C7H17O2P/c1-5-9-10(4,8)6-7(2)3/h7H,5-6H2,1-4H3. The lowest BCUT2D eigenvalue weighted by Gasteiger charge is -2.13. The Balaban J connectivity index is 3.75. The van der Waals surface area contributed by atoms with E-state index in [1.807, 2.05) is 6.92 Å². The highest BCUT2D eigenvalue weighted by Crippen LogP contribution is 2.43. The molecule has 0 aromatic carbocycles. The third kappa shape index (κ3) is 5.01. The summed E-state index contributed by atoms with van der Waals surface area (Å²) in [6, 6.07) is 0. The minimum Gasteiger partial charge on any atom is -0.329 e. The van der Waals surface area contributed by atoms with E-state index in [-0.39, 0.29) is 0 Å². The van der Waals surface area contributed by atoms with Crippen LogP contribution in [0.15, 0.2) is 0 Å². The van der Waals surface area contributed by atoms with Crippen molar-refractivity contribution in [2.45, 2.75) is 20.8 Å². The zero-order chi connectivity index (χ0) is 8.20. The summed E-state index contributed by atoms with van der Waals surface area (Å²) >= 11 is 0. The van der Waals surface area contributed by atoms with Crippen LogP contribution in [0, 0.1) is 5.92 Å². The van der Waals surface area contributed by atoms with Gasteiger partial charge in [-0.25, -0.2) is 0 Å². The molecule has 0 saturated carbocycles. The molecule has 0 aliphatic rings. The quantitative estimate of drug-likeness (QED) is 0.597. The van der Waals surface area contributed by atoms with E-state index in [4.69, 9.17) is 4.52 Å². The van der Waals surface area contributed by atoms with Gasteiger partial charge < -0.3 is 4.52 Å². The molecule has 0 bridgehead atoms. The molecule has 0 N–H and O–H groups in total.